The van der Waals surface area contributed by atoms with Crippen LogP contribution in [0.15, 0.2) is 18.2 Å². The molecule has 1 aromatic carbocycles. The third-order valence-electron chi connectivity index (χ3n) is 1.62. The van der Waals surface area contributed by atoms with E-state index in [4.69, 9.17) is 14.8 Å². The molecule has 0 aliphatic heterocycles. The number of hydrogen-bond acceptors (Lipinski definition) is 3. The van der Waals surface area contributed by atoms with Gasteiger partial charge in [-0.3, -0.25) is 0 Å². The van der Waals surface area contributed by atoms with Gasteiger partial charge in [0, 0.05) is 6.07 Å². The van der Waals surface area contributed by atoms with Crippen LogP contribution in [0.3, 0.4) is 0 Å². The fourth-order valence-electron chi connectivity index (χ4n) is 1.15. The first-order chi connectivity index (χ1) is 6.78. The summed E-state index contributed by atoms with van der Waals surface area (Å²) in [5.74, 6) is -0.273. The molecule has 0 radical (unpaired) electrons. The Bertz CT molecular complexity index is 347. The van der Waals surface area contributed by atoms with Gasteiger partial charge in [0.25, 0.3) is 0 Å². The van der Waals surface area contributed by atoms with Gasteiger partial charge in [0.2, 0.25) is 0 Å². The Kier molecular flexibility index (Phi) is 3.37. The monoisotopic (exact) mass is 212 g/mol. The summed E-state index contributed by atoms with van der Waals surface area (Å²) in [5, 5.41) is 17.8. The van der Waals surface area contributed by atoms with Crippen molar-refractivity contribution in [2.24, 2.45) is 0 Å². The van der Waals surface area contributed by atoms with Crippen molar-refractivity contribution in [2.45, 2.75) is 26.4 Å². The van der Waals surface area contributed by atoms with Crippen LogP contribution in [-0.4, -0.2) is 22.8 Å². The Labute approximate surface area is 88.7 Å². The summed E-state index contributed by atoms with van der Waals surface area (Å²) in [6.45, 7) is 5.48. The van der Waals surface area contributed by atoms with Gasteiger partial charge in [0.1, 0.15) is 17.2 Å². The molecule has 0 aliphatic rings. The zero-order valence-corrected chi connectivity index (χ0v) is 8.99. The van der Waals surface area contributed by atoms with Crippen molar-refractivity contribution < 1.29 is 19.2 Å². The maximum Gasteiger partial charge on any atom is 0.488 e. The van der Waals surface area contributed by atoms with E-state index in [1.807, 2.05) is 20.8 Å². The molecular formula is C10H14BFO3. The Morgan fingerprint density at radius 3 is 2.27 bits per heavy atom. The minimum atomic E-state index is -1.69. The van der Waals surface area contributed by atoms with Gasteiger partial charge in [-0.1, -0.05) is 0 Å². The van der Waals surface area contributed by atoms with Crippen LogP contribution in [0.1, 0.15) is 20.8 Å². The largest absolute Gasteiger partial charge is 0.488 e. The van der Waals surface area contributed by atoms with Gasteiger partial charge in [-0.15, -0.1) is 0 Å². The van der Waals surface area contributed by atoms with Crippen molar-refractivity contribution in [3.8, 4) is 5.75 Å². The van der Waals surface area contributed by atoms with Crippen LogP contribution < -0.4 is 10.2 Å². The van der Waals surface area contributed by atoms with Crippen molar-refractivity contribution in [3.63, 3.8) is 0 Å². The Hall–Kier alpha value is -1.07. The molecule has 82 valence electrons. The van der Waals surface area contributed by atoms with Crippen LogP contribution in [0.25, 0.3) is 0 Å². The number of hydrogen-bond donors (Lipinski definition) is 2. The molecule has 0 spiro atoms. The second-order valence-corrected chi connectivity index (χ2v) is 4.31. The van der Waals surface area contributed by atoms with Crippen LogP contribution in [0.5, 0.6) is 5.75 Å². The zero-order valence-electron chi connectivity index (χ0n) is 8.99. The number of halogens is 1. The molecule has 0 bridgehead atoms. The van der Waals surface area contributed by atoms with E-state index in [0.29, 0.717) is 0 Å². The van der Waals surface area contributed by atoms with Gasteiger partial charge in [0.05, 0.1) is 0 Å². The van der Waals surface area contributed by atoms with Crippen molar-refractivity contribution in [2.75, 3.05) is 0 Å². The standard InChI is InChI=1S/C10H14BFO3/c1-10(2,3)15-9-5-7(11(13)14)4-8(12)6-9/h4-6,13-14H,1-3H3. The number of benzene rings is 1. The summed E-state index contributed by atoms with van der Waals surface area (Å²) in [6, 6.07) is 3.66. The second kappa shape index (κ2) is 4.20. The van der Waals surface area contributed by atoms with Gasteiger partial charge in [-0.05, 0) is 38.4 Å². The normalized spacial score (nSPS) is 11.3. The zero-order chi connectivity index (χ0) is 11.6. The molecule has 0 heterocycles. The number of ether oxygens (including phenoxy) is 1. The fraction of sp³-hybridized carbons (Fsp3) is 0.400. The number of rotatable bonds is 2. The summed E-state index contributed by atoms with van der Waals surface area (Å²) in [4.78, 5) is 0. The van der Waals surface area contributed by atoms with Gasteiger partial charge in [-0.2, -0.15) is 0 Å². The van der Waals surface area contributed by atoms with Gasteiger partial charge < -0.3 is 14.8 Å². The third kappa shape index (κ3) is 3.89. The summed E-state index contributed by atoms with van der Waals surface area (Å²) in [6.07, 6.45) is 0. The minimum absolute atomic E-state index is 0.0780. The molecule has 0 aromatic heterocycles. The lowest BCUT2D eigenvalue weighted by atomic mass is 9.80. The average Bonchev–Trinajstić information content (AvgIpc) is 1.99. The quantitative estimate of drug-likeness (QED) is 0.708. The Morgan fingerprint density at radius 2 is 1.80 bits per heavy atom. The maximum absolute atomic E-state index is 13.1. The topological polar surface area (TPSA) is 49.7 Å². The first-order valence-electron chi connectivity index (χ1n) is 4.63. The van der Waals surface area contributed by atoms with E-state index in [0.717, 1.165) is 6.07 Å². The molecule has 0 saturated heterocycles. The third-order valence-corrected chi connectivity index (χ3v) is 1.62. The van der Waals surface area contributed by atoms with Crippen LogP contribution in [0.4, 0.5) is 4.39 Å². The molecule has 0 amide bonds. The summed E-state index contributed by atoms with van der Waals surface area (Å²) < 4.78 is 18.5. The van der Waals surface area contributed by atoms with E-state index in [-0.39, 0.29) is 11.2 Å². The van der Waals surface area contributed by atoms with Crippen molar-refractivity contribution in [3.05, 3.63) is 24.0 Å². The molecule has 0 atom stereocenters. The minimum Gasteiger partial charge on any atom is -0.488 e. The first-order valence-corrected chi connectivity index (χ1v) is 4.63. The van der Waals surface area contributed by atoms with Crippen LogP contribution in [-0.2, 0) is 0 Å². The lowest BCUT2D eigenvalue weighted by molar-refractivity contribution is 0.130. The first kappa shape index (κ1) is 12.0. The fourth-order valence-corrected chi connectivity index (χ4v) is 1.15. The van der Waals surface area contributed by atoms with Crippen LogP contribution in [0, 0.1) is 5.82 Å². The molecular weight excluding hydrogens is 198 g/mol. The lowest BCUT2D eigenvalue weighted by Crippen LogP contribution is -2.31. The van der Waals surface area contributed by atoms with Gasteiger partial charge >= 0.3 is 7.12 Å². The van der Waals surface area contributed by atoms with Crippen molar-refractivity contribution in [1.29, 1.82) is 0 Å². The van der Waals surface area contributed by atoms with E-state index in [1.54, 1.807) is 0 Å². The molecule has 1 rings (SSSR count). The molecule has 3 nitrogen and oxygen atoms in total. The predicted molar refractivity (Wildman–Crippen MR) is 56.6 cm³/mol. The molecule has 15 heavy (non-hydrogen) atoms. The second-order valence-electron chi connectivity index (χ2n) is 4.31. The highest BCUT2D eigenvalue weighted by Crippen LogP contribution is 2.17. The van der Waals surface area contributed by atoms with E-state index in [1.165, 1.54) is 12.1 Å². The highest BCUT2D eigenvalue weighted by Gasteiger charge is 2.17. The molecule has 1 aromatic rings. The average molecular weight is 212 g/mol. The smallest absolute Gasteiger partial charge is 0.488 e. The molecule has 5 heteroatoms. The summed E-state index contributed by atoms with van der Waals surface area (Å²) in [7, 11) is -1.69. The Morgan fingerprint density at radius 1 is 1.20 bits per heavy atom. The van der Waals surface area contributed by atoms with Crippen LogP contribution in [0.2, 0.25) is 0 Å². The molecule has 0 unspecified atom stereocenters. The van der Waals surface area contributed by atoms with Gasteiger partial charge in [-0.25, -0.2) is 4.39 Å². The highest BCUT2D eigenvalue weighted by molar-refractivity contribution is 6.58. The van der Waals surface area contributed by atoms with E-state index >= 15 is 0 Å². The molecule has 0 aliphatic carbocycles. The van der Waals surface area contributed by atoms with E-state index in [9.17, 15) is 4.39 Å². The van der Waals surface area contributed by atoms with Crippen LogP contribution >= 0.6 is 0 Å². The molecule has 0 saturated carbocycles. The van der Waals surface area contributed by atoms with Crippen molar-refractivity contribution in [1.82, 2.24) is 0 Å². The lowest BCUT2D eigenvalue weighted by Gasteiger charge is -2.21. The Balaban J connectivity index is 2.99. The summed E-state index contributed by atoms with van der Waals surface area (Å²) >= 11 is 0. The predicted octanol–water partition coefficient (Wildman–Crippen LogP) is 0.683. The van der Waals surface area contributed by atoms with Crippen molar-refractivity contribution >= 4 is 12.6 Å². The van der Waals surface area contributed by atoms with Gasteiger partial charge in [0.15, 0.2) is 0 Å². The highest BCUT2D eigenvalue weighted by atomic mass is 19.1. The maximum atomic E-state index is 13.1. The SMILES string of the molecule is CC(C)(C)Oc1cc(F)cc(B(O)O)c1. The van der Waals surface area contributed by atoms with E-state index in [2.05, 4.69) is 0 Å². The molecule has 0 fully saturated rings. The molecule has 2 N–H and O–H groups in total. The van der Waals surface area contributed by atoms with E-state index < -0.39 is 18.5 Å². The summed E-state index contributed by atoms with van der Waals surface area (Å²) in [5.41, 5.74) is -0.375.